The van der Waals surface area contributed by atoms with Crippen LogP contribution in [0.25, 0.3) is 11.4 Å². The van der Waals surface area contributed by atoms with E-state index in [2.05, 4.69) is 21.5 Å². The third kappa shape index (κ3) is 3.75. The number of rotatable bonds is 3. The summed E-state index contributed by atoms with van der Waals surface area (Å²) in [4.78, 5) is 18.9. The highest BCUT2D eigenvalue weighted by molar-refractivity contribution is 5.90. The summed E-state index contributed by atoms with van der Waals surface area (Å²) in [5.41, 5.74) is 1.75. The van der Waals surface area contributed by atoms with Crippen molar-refractivity contribution in [2.45, 2.75) is 18.8 Å². The van der Waals surface area contributed by atoms with Gasteiger partial charge in [0.1, 0.15) is 6.07 Å². The van der Waals surface area contributed by atoms with E-state index < -0.39 is 0 Å². The van der Waals surface area contributed by atoms with Crippen molar-refractivity contribution in [1.82, 2.24) is 15.0 Å². The van der Waals surface area contributed by atoms with Crippen molar-refractivity contribution in [3.63, 3.8) is 0 Å². The zero-order valence-electron chi connectivity index (χ0n) is 16.6. The van der Waals surface area contributed by atoms with E-state index in [0.717, 1.165) is 18.4 Å². The van der Waals surface area contributed by atoms with Crippen LogP contribution in [0.2, 0.25) is 0 Å². The molecule has 9 nitrogen and oxygen atoms in total. The van der Waals surface area contributed by atoms with Gasteiger partial charge in [-0.2, -0.15) is 10.2 Å². The Morgan fingerprint density at radius 1 is 1.13 bits per heavy atom. The summed E-state index contributed by atoms with van der Waals surface area (Å²) in [5, 5.41) is 16.1. The average Bonchev–Trinajstić information content (AvgIpc) is 3.49. The Balaban J connectivity index is 1.21. The first-order valence-corrected chi connectivity index (χ1v) is 10.00. The molecule has 1 saturated heterocycles. The largest absolute Gasteiger partial charge is 0.454 e. The molecule has 5 rings (SSSR count). The number of likely N-dealkylation sites (tertiary alicyclic amines) is 1. The number of urea groups is 1. The lowest BCUT2D eigenvalue weighted by molar-refractivity contribution is 0.174. The summed E-state index contributed by atoms with van der Waals surface area (Å²) in [7, 11) is 0. The number of para-hydroxylation sites is 1. The molecule has 3 heterocycles. The van der Waals surface area contributed by atoms with Gasteiger partial charge in [0.25, 0.3) is 0 Å². The number of hydrogen-bond donors (Lipinski definition) is 1. The van der Waals surface area contributed by atoms with Crippen LogP contribution in [0, 0.1) is 11.3 Å². The van der Waals surface area contributed by atoms with Crippen LogP contribution in [0.3, 0.4) is 0 Å². The van der Waals surface area contributed by atoms with Gasteiger partial charge in [0.05, 0.1) is 11.3 Å². The fourth-order valence-corrected chi connectivity index (χ4v) is 3.77. The van der Waals surface area contributed by atoms with Crippen molar-refractivity contribution in [2.75, 3.05) is 25.2 Å². The normalized spacial score (nSPS) is 15.5. The lowest BCUT2D eigenvalue weighted by Gasteiger charge is -2.30. The molecule has 0 saturated carbocycles. The van der Waals surface area contributed by atoms with E-state index in [1.807, 2.05) is 18.2 Å². The van der Waals surface area contributed by atoms with Gasteiger partial charge in [-0.25, -0.2) is 4.79 Å². The van der Waals surface area contributed by atoms with E-state index in [-0.39, 0.29) is 18.7 Å². The number of ether oxygens (including phenoxy) is 2. The minimum Gasteiger partial charge on any atom is -0.454 e. The number of fused-ring (bicyclic) bond motifs is 1. The van der Waals surface area contributed by atoms with E-state index in [0.29, 0.717) is 47.6 Å². The number of amides is 2. The summed E-state index contributed by atoms with van der Waals surface area (Å²) in [6, 6.07) is 14.4. The molecule has 0 aliphatic carbocycles. The number of benzene rings is 2. The minimum atomic E-state index is -0.215. The highest BCUT2D eigenvalue weighted by Crippen LogP contribution is 2.36. The van der Waals surface area contributed by atoms with E-state index >= 15 is 0 Å². The highest BCUT2D eigenvalue weighted by Gasteiger charge is 2.28. The maximum atomic E-state index is 12.6. The van der Waals surface area contributed by atoms with Crippen LogP contribution in [0.15, 0.2) is 47.0 Å². The fraction of sp³-hybridized carbons (Fsp3) is 0.273. The van der Waals surface area contributed by atoms with Gasteiger partial charge in [0.2, 0.25) is 18.5 Å². The van der Waals surface area contributed by atoms with Crippen LogP contribution >= 0.6 is 0 Å². The van der Waals surface area contributed by atoms with Gasteiger partial charge in [-0.1, -0.05) is 17.3 Å². The zero-order chi connectivity index (χ0) is 21.2. The summed E-state index contributed by atoms with van der Waals surface area (Å²) < 4.78 is 16.2. The minimum absolute atomic E-state index is 0.0886. The number of nitrogens with one attached hydrogen (secondary N) is 1. The molecule has 2 amide bonds. The lowest BCUT2D eigenvalue weighted by Crippen LogP contribution is -2.40. The van der Waals surface area contributed by atoms with Crippen molar-refractivity contribution >= 4 is 11.7 Å². The van der Waals surface area contributed by atoms with Gasteiger partial charge < -0.3 is 24.2 Å². The van der Waals surface area contributed by atoms with Crippen molar-refractivity contribution < 1.29 is 18.8 Å². The first-order chi connectivity index (χ1) is 15.2. The summed E-state index contributed by atoms with van der Waals surface area (Å²) >= 11 is 0. The lowest BCUT2D eigenvalue weighted by atomic mass is 9.97. The molecule has 0 radical (unpaired) electrons. The standard InChI is InChI=1S/C22H19N5O4/c23-12-16-3-1-2-4-17(16)24-22(28)27-9-7-14(8-10-27)21-25-20(26-31-21)15-5-6-18-19(11-15)30-13-29-18/h1-6,11,14H,7-10,13H2,(H,24,28). The molecule has 31 heavy (non-hydrogen) atoms. The molecule has 0 unspecified atom stereocenters. The predicted molar refractivity (Wildman–Crippen MR) is 110 cm³/mol. The Morgan fingerprint density at radius 3 is 2.77 bits per heavy atom. The molecule has 2 aliphatic heterocycles. The summed E-state index contributed by atoms with van der Waals surface area (Å²) in [6.45, 7) is 1.34. The SMILES string of the molecule is N#Cc1ccccc1NC(=O)N1CCC(c2nc(-c3ccc4c(c3)OCO4)no2)CC1. The Labute approximate surface area is 178 Å². The smallest absolute Gasteiger partial charge is 0.321 e. The third-order valence-corrected chi connectivity index (χ3v) is 5.49. The molecule has 2 aliphatic rings. The van der Waals surface area contributed by atoms with Crippen molar-refractivity contribution in [3.8, 4) is 29.0 Å². The van der Waals surface area contributed by atoms with Gasteiger partial charge in [0.15, 0.2) is 11.5 Å². The molecule has 1 aromatic heterocycles. The topological polar surface area (TPSA) is 114 Å². The highest BCUT2D eigenvalue weighted by atomic mass is 16.7. The molecule has 1 fully saturated rings. The molecule has 3 aromatic rings. The third-order valence-electron chi connectivity index (χ3n) is 5.49. The number of nitrogens with zero attached hydrogens (tertiary/aromatic N) is 4. The van der Waals surface area contributed by atoms with E-state index in [1.54, 1.807) is 29.2 Å². The monoisotopic (exact) mass is 417 g/mol. The Kier molecular flexibility index (Phi) is 4.88. The molecule has 0 bridgehead atoms. The van der Waals surface area contributed by atoms with Gasteiger partial charge in [-0.15, -0.1) is 0 Å². The van der Waals surface area contributed by atoms with Crippen LogP contribution in [-0.4, -0.2) is 41.0 Å². The van der Waals surface area contributed by atoms with Crippen molar-refractivity contribution in [1.29, 1.82) is 5.26 Å². The van der Waals surface area contributed by atoms with Gasteiger partial charge in [0, 0.05) is 24.6 Å². The second kappa shape index (κ2) is 7.99. The molecule has 9 heteroatoms. The molecule has 1 N–H and O–H groups in total. The molecule has 2 aromatic carbocycles. The molecule has 156 valence electrons. The Hall–Kier alpha value is -4.06. The number of anilines is 1. The van der Waals surface area contributed by atoms with Gasteiger partial charge in [-0.3, -0.25) is 0 Å². The molecular weight excluding hydrogens is 398 g/mol. The number of carbonyl (C=O) groups excluding carboxylic acids is 1. The number of hydrogen-bond acceptors (Lipinski definition) is 7. The summed E-state index contributed by atoms with van der Waals surface area (Å²) in [5.74, 6) is 2.53. The van der Waals surface area contributed by atoms with Crippen LogP contribution in [0.4, 0.5) is 10.5 Å². The second-order valence-electron chi connectivity index (χ2n) is 7.37. The summed E-state index contributed by atoms with van der Waals surface area (Å²) in [6.07, 6.45) is 1.44. The van der Waals surface area contributed by atoms with Crippen molar-refractivity contribution in [2.24, 2.45) is 0 Å². The van der Waals surface area contributed by atoms with E-state index in [4.69, 9.17) is 14.0 Å². The van der Waals surface area contributed by atoms with Crippen LogP contribution in [0.1, 0.15) is 30.2 Å². The first-order valence-electron chi connectivity index (χ1n) is 10.00. The maximum Gasteiger partial charge on any atom is 0.321 e. The first kappa shape index (κ1) is 18.9. The quantitative estimate of drug-likeness (QED) is 0.690. The number of aromatic nitrogens is 2. The predicted octanol–water partition coefficient (Wildman–Crippen LogP) is 3.75. The Morgan fingerprint density at radius 2 is 1.94 bits per heavy atom. The van der Waals surface area contributed by atoms with E-state index in [9.17, 15) is 10.1 Å². The van der Waals surface area contributed by atoms with Gasteiger partial charge in [-0.05, 0) is 43.2 Å². The average molecular weight is 417 g/mol. The van der Waals surface area contributed by atoms with Crippen molar-refractivity contribution in [3.05, 3.63) is 53.9 Å². The maximum absolute atomic E-state index is 12.6. The number of nitriles is 1. The molecule has 0 atom stereocenters. The number of piperidine rings is 1. The Bertz CT molecular complexity index is 1160. The molecule has 0 spiro atoms. The van der Waals surface area contributed by atoms with Crippen LogP contribution in [0.5, 0.6) is 11.5 Å². The number of carbonyl (C=O) groups is 1. The van der Waals surface area contributed by atoms with Crippen LogP contribution in [-0.2, 0) is 0 Å². The van der Waals surface area contributed by atoms with E-state index in [1.165, 1.54) is 0 Å². The second-order valence-corrected chi connectivity index (χ2v) is 7.37. The zero-order valence-corrected chi connectivity index (χ0v) is 16.6. The molecular formula is C22H19N5O4. The van der Waals surface area contributed by atoms with Gasteiger partial charge >= 0.3 is 6.03 Å². The van der Waals surface area contributed by atoms with Crippen LogP contribution < -0.4 is 14.8 Å². The fourth-order valence-electron chi connectivity index (χ4n) is 3.77.